The third-order valence-electron chi connectivity index (χ3n) is 8.51. The third kappa shape index (κ3) is 15.0. The lowest BCUT2D eigenvalue weighted by molar-refractivity contribution is -0.157. The summed E-state index contributed by atoms with van der Waals surface area (Å²) in [5, 5.41) is 20.5. The smallest absolute Gasteiger partial charge is 0.419 e. The van der Waals surface area contributed by atoms with Crippen LogP contribution in [0, 0.1) is 0 Å². The van der Waals surface area contributed by atoms with Crippen LogP contribution in [0.15, 0.2) is 60.8 Å². The summed E-state index contributed by atoms with van der Waals surface area (Å²) in [4.78, 5) is 92.8. The Kier molecular flexibility index (Phi) is 15.7. The van der Waals surface area contributed by atoms with Crippen LogP contribution in [-0.2, 0) is 46.2 Å². The van der Waals surface area contributed by atoms with Crippen LogP contribution in [0.25, 0.3) is 10.9 Å². The molecule has 3 aromatic rings. The first kappa shape index (κ1) is 47.2. The van der Waals surface area contributed by atoms with E-state index in [0.717, 1.165) is 10.5 Å². The standard InChI is InChI=1S/C42H58N6O11/c1-25(47(11)34(50)29(21-26-17-13-12-14-18-26)45-38(55)58-41(5,6)7)33(35(51)52)46-32(49)23-43-37(54)44-30(36(53)57-40(2,3)4)22-27-24-48(39(56)59-42(8,9)10)31-20-16-15-19-28(27)31/h12-20,24-25,29-30,33H,21-23H2,1-11H3,(H,45,55)(H,46,49)(H,51,52)(H2,43,44,54)/t25-,29-,30?,33?/m0/s1. The van der Waals surface area contributed by atoms with Crippen molar-refractivity contribution in [3.8, 4) is 0 Å². The number of likely N-dealkylation sites (N-methyl/N-ethyl adjacent to an activating group) is 1. The van der Waals surface area contributed by atoms with E-state index in [1.54, 1.807) is 117 Å². The highest BCUT2D eigenvalue weighted by Crippen LogP contribution is 2.25. The number of alkyl carbamates (subject to hydrolysis) is 1. The molecule has 0 aliphatic heterocycles. The Morgan fingerprint density at radius 2 is 1.31 bits per heavy atom. The van der Waals surface area contributed by atoms with Crippen LogP contribution in [0.2, 0.25) is 0 Å². The van der Waals surface area contributed by atoms with E-state index in [1.807, 2.05) is 0 Å². The summed E-state index contributed by atoms with van der Waals surface area (Å²) in [5.41, 5.74) is -0.810. The van der Waals surface area contributed by atoms with Gasteiger partial charge in [0.25, 0.3) is 0 Å². The number of ether oxygens (including phenoxy) is 3. The fraction of sp³-hybridized carbons (Fsp3) is 0.500. The number of hydrogen-bond donors (Lipinski definition) is 5. The maximum atomic E-state index is 13.8. The summed E-state index contributed by atoms with van der Waals surface area (Å²) in [6, 6.07) is 9.67. The minimum absolute atomic E-state index is 0.0647. The fourth-order valence-corrected chi connectivity index (χ4v) is 5.81. The minimum Gasteiger partial charge on any atom is -0.480 e. The first-order chi connectivity index (χ1) is 27.2. The highest BCUT2D eigenvalue weighted by atomic mass is 16.6. The summed E-state index contributed by atoms with van der Waals surface area (Å²) < 4.78 is 17.8. The van der Waals surface area contributed by atoms with Gasteiger partial charge in [-0.2, -0.15) is 0 Å². The molecule has 59 heavy (non-hydrogen) atoms. The quantitative estimate of drug-likeness (QED) is 0.112. The van der Waals surface area contributed by atoms with Crippen molar-refractivity contribution in [2.75, 3.05) is 13.6 Å². The number of hydrogen-bond acceptors (Lipinski definition) is 10. The van der Waals surface area contributed by atoms with E-state index in [4.69, 9.17) is 14.2 Å². The fourth-order valence-electron chi connectivity index (χ4n) is 5.81. The number of esters is 1. The number of nitrogens with zero attached hydrogens (tertiary/aromatic N) is 2. The number of urea groups is 1. The number of nitrogens with one attached hydrogen (secondary N) is 4. The van der Waals surface area contributed by atoms with Crippen LogP contribution in [0.1, 0.15) is 80.4 Å². The van der Waals surface area contributed by atoms with E-state index in [1.165, 1.54) is 24.7 Å². The van der Waals surface area contributed by atoms with Gasteiger partial charge in [-0.15, -0.1) is 0 Å². The number of aliphatic carboxylic acids is 1. The van der Waals surface area contributed by atoms with Crippen LogP contribution in [0.5, 0.6) is 0 Å². The number of carboxylic acid groups (broad SMARTS) is 1. The van der Waals surface area contributed by atoms with Crippen molar-refractivity contribution in [3.05, 3.63) is 71.9 Å². The lowest BCUT2D eigenvalue weighted by Gasteiger charge is -2.33. The van der Waals surface area contributed by atoms with E-state index < -0.39 is 89.5 Å². The third-order valence-corrected chi connectivity index (χ3v) is 8.51. The molecule has 0 saturated carbocycles. The summed E-state index contributed by atoms with van der Waals surface area (Å²) in [6.45, 7) is 15.9. The minimum atomic E-state index is -1.64. The number of carbonyl (C=O) groups is 7. The second-order valence-corrected chi connectivity index (χ2v) is 17.1. The van der Waals surface area contributed by atoms with Crippen molar-refractivity contribution in [1.29, 1.82) is 0 Å². The van der Waals surface area contributed by atoms with Crippen molar-refractivity contribution in [2.45, 2.75) is 123 Å². The molecule has 3 rings (SSSR count). The average molecular weight is 823 g/mol. The van der Waals surface area contributed by atoms with Crippen LogP contribution in [-0.4, -0.2) is 111 Å². The normalized spacial score (nSPS) is 13.8. The molecule has 17 heteroatoms. The Morgan fingerprint density at radius 3 is 1.88 bits per heavy atom. The topological polar surface area (TPSA) is 224 Å². The predicted molar refractivity (Wildman–Crippen MR) is 219 cm³/mol. The van der Waals surface area contributed by atoms with Gasteiger partial charge < -0.3 is 45.5 Å². The van der Waals surface area contributed by atoms with Crippen molar-refractivity contribution in [2.24, 2.45) is 0 Å². The molecule has 0 spiro atoms. The van der Waals surface area contributed by atoms with Crippen molar-refractivity contribution in [1.82, 2.24) is 30.7 Å². The van der Waals surface area contributed by atoms with Crippen LogP contribution < -0.4 is 21.3 Å². The molecule has 0 fully saturated rings. The molecule has 0 bridgehead atoms. The molecule has 0 aliphatic rings. The largest absolute Gasteiger partial charge is 0.480 e. The number of para-hydroxylation sites is 1. The van der Waals surface area contributed by atoms with E-state index in [2.05, 4.69) is 21.3 Å². The number of rotatable bonds is 14. The van der Waals surface area contributed by atoms with Gasteiger partial charge in [0.2, 0.25) is 11.8 Å². The molecule has 1 aromatic heterocycles. The molecule has 5 amide bonds. The molecular weight excluding hydrogens is 764 g/mol. The van der Waals surface area contributed by atoms with Gasteiger partial charge in [-0.1, -0.05) is 48.5 Å². The molecule has 0 radical (unpaired) electrons. The van der Waals surface area contributed by atoms with Crippen LogP contribution in [0.3, 0.4) is 0 Å². The van der Waals surface area contributed by atoms with Crippen molar-refractivity contribution < 1.29 is 52.9 Å². The molecule has 0 saturated heterocycles. The van der Waals surface area contributed by atoms with Gasteiger partial charge in [0.1, 0.15) is 34.9 Å². The first-order valence-corrected chi connectivity index (χ1v) is 19.2. The Morgan fingerprint density at radius 1 is 0.729 bits per heavy atom. The average Bonchev–Trinajstić information content (AvgIpc) is 3.48. The van der Waals surface area contributed by atoms with Gasteiger partial charge in [0.15, 0.2) is 0 Å². The maximum Gasteiger partial charge on any atom is 0.419 e. The van der Waals surface area contributed by atoms with E-state index in [9.17, 15) is 38.7 Å². The molecule has 0 aliphatic carbocycles. The molecule has 322 valence electrons. The van der Waals surface area contributed by atoms with Crippen LogP contribution in [0.4, 0.5) is 14.4 Å². The molecule has 2 aromatic carbocycles. The number of benzene rings is 2. The number of carboxylic acids is 1. The van der Waals surface area contributed by atoms with E-state index >= 15 is 0 Å². The van der Waals surface area contributed by atoms with Gasteiger partial charge in [-0.25, -0.2) is 24.0 Å². The second-order valence-electron chi connectivity index (χ2n) is 17.1. The highest BCUT2D eigenvalue weighted by Gasteiger charge is 2.36. The summed E-state index contributed by atoms with van der Waals surface area (Å²) in [6.07, 6.45) is -0.0101. The maximum absolute atomic E-state index is 13.8. The predicted octanol–water partition coefficient (Wildman–Crippen LogP) is 4.53. The molecular formula is C42H58N6O11. The summed E-state index contributed by atoms with van der Waals surface area (Å²) in [5.74, 6) is -3.81. The van der Waals surface area contributed by atoms with Gasteiger partial charge >= 0.3 is 30.2 Å². The van der Waals surface area contributed by atoms with E-state index in [0.29, 0.717) is 16.5 Å². The molecule has 17 nitrogen and oxygen atoms in total. The van der Waals surface area contributed by atoms with Crippen molar-refractivity contribution in [3.63, 3.8) is 0 Å². The molecule has 4 atom stereocenters. The van der Waals surface area contributed by atoms with Crippen molar-refractivity contribution >= 4 is 52.9 Å². The summed E-state index contributed by atoms with van der Waals surface area (Å²) >= 11 is 0. The van der Waals surface area contributed by atoms with Gasteiger partial charge in [0, 0.05) is 31.5 Å². The van der Waals surface area contributed by atoms with Gasteiger partial charge in [0.05, 0.1) is 18.1 Å². The Labute approximate surface area is 344 Å². The molecule has 5 N–H and O–H groups in total. The first-order valence-electron chi connectivity index (χ1n) is 19.2. The number of amides is 5. The van der Waals surface area contributed by atoms with Crippen LogP contribution >= 0.6 is 0 Å². The Hall–Kier alpha value is -6.13. The van der Waals surface area contributed by atoms with Gasteiger partial charge in [-0.3, -0.25) is 14.2 Å². The monoisotopic (exact) mass is 822 g/mol. The zero-order valence-electron chi connectivity index (χ0n) is 35.6. The Balaban J connectivity index is 1.74. The zero-order valence-corrected chi connectivity index (χ0v) is 35.6. The summed E-state index contributed by atoms with van der Waals surface area (Å²) in [7, 11) is 1.34. The number of aromatic nitrogens is 1. The van der Waals surface area contributed by atoms with Gasteiger partial charge in [-0.05, 0) is 86.4 Å². The molecule has 2 unspecified atom stereocenters. The molecule has 1 heterocycles. The van der Waals surface area contributed by atoms with E-state index in [-0.39, 0.29) is 12.8 Å². The second kappa shape index (κ2) is 19.5. The lowest BCUT2D eigenvalue weighted by Crippen LogP contribution is -2.59. The number of carbonyl (C=O) groups excluding carboxylic acids is 6. The number of fused-ring (bicyclic) bond motifs is 1. The highest BCUT2D eigenvalue weighted by molar-refractivity contribution is 5.94. The lowest BCUT2D eigenvalue weighted by atomic mass is 10.0. The zero-order chi connectivity index (χ0) is 44.5. The Bertz CT molecular complexity index is 1990. The SMILES string of the molecule is C[C@@H](C(NC(=O)CNC(=O)NC(Cc1cn(C(=O)OC(C)(C)C)c2ccccc12)C(=O)OC(C)(C)C)C(=O)O)N(C)C(=O)[C@H](Cc1ccccc1)NC(=O)OC(C)(C)C.